The first-order valence-electron chi connectivity index (χ1n) is 7.16. The number of rotatable bonds is 8. The van der Waals surface area contributed by atoms with Crippen molar-refractivity contribution in [1.29, 1.82) is 0 Å². The van der Waals surface area contributed by atoms with E-state index in [1.165, 1.54) is 0 Å². The van der Waals surface area contributed by atoms with Crippen LogP contribution in [0.5, 0.6) is 0 Å². The minimum atomic E-state index is -0.885. The van der Waals surface area contributed by atoms with Crippen molar-refractivity contribution in [2.75, 3.05) is 17.7 Å². The van der Waals surface area contributed by atoms with E-state index in [4.69, 9.17) is 5.11 Å². The summed E-state index contributed by atoms with van der Waals surface area (Å²) < 4.78 is 0. The summed E-state index contributed by atoms with van der Waals surface area (Å²) in [6.45, 7) is 3.86. The van der Waals surface area contributed by atoms with Crippen LogP contribution in [0, 0.1) is 5.92 Å². The highest BCUT2D eigenvalue weighted by Gasteiger charge is 2.21. The van der Waals surface area contributed by atoms with Gasteiger partial charge in [0.05, 0.1) is 5.92 Å². The maximum Gasteiger partial charge on any atom is 0.308 e. The van der Waals surface area contributed by atoms with Gasteiger partial charge in [0.1, 0.15) is 0 Å². The maximum absolute atomic E-state index is 12.4. The number of anilines is 1. The van der Waals surface area contributed by atoms with Crippen LogP contribution >= 0.6 is 11.8 Å². The Labute approximate surface area is 130 Å². The topological polar surface area (TPSA) is 57.6 Å². The normalized spacial score (nSPS) is 12.0. The van der Waals surface area contributed by atoms with E-state index in [0.717, 1.165) is 23.4 Å². The molecule has 0 saturated carbocycles. The van der Waals surface area contributed by atoms with Crippen molar-refractivity contribution < 1.29 is 14.7 Å². The molecule has 0 fully saturated rings. The third-order valence-electron chi connectivity index (χ3n) is 3.29. The molecule has 1 rings (SSSR count). The Morgan fingerprint density at radius 1 is 1.38 bits per heavy atom. The van der Waals surface area contributed by atoms with Gasteiger partial charge < -0.3 is 10.0 Å². The molecule has 0 heterocycles. The summed E-state index contributed by atoms with van der Waals surface area (Å²) in [6, 6.07) is 7.66. The minimum absolute atomic E-state index is 0.0109. The van der Waals surface area contributed by atoms with Crippen LogP contribution in [0.25, 0.3) is 0 Å². The van der Waals surface area contributed by atoms with Gasteiger partial charge in [-0.15, -0.1) is 11.8 Å². The SMILES string of the molecule is CCCCC(=O)N(CC(C)C(=O)O)c1cccc(SC)c1. The third kappa shape index (κ3) is 5.42. The van der Waals surface area contributed by atoms with E-state index >= 15 is 0 Å². The van der Waals surface area contributed by atoms with Gasteiger partial charge in [-0.3, -0.25) is 9.59 Å². The molecule has 21 heavy (non-hydrogen) atoms. The number of thioether (sulfide) groups is 1. The molecule has 4 nitrogen and oxygen atoms in total. The summed E-state index contributed by atoms with van der Waals surface area (Å²) in [4.78, 5) is 26.1. The van der Waals surface area contributed by atoms with Gasteiger partial charge in [0.2, 0.25) is 5.91 Å². The first-order valence-corrected chi connectivity index (χ1v) is 8.39. The van der Waals surface area contributed by atoms with Crippen LogP contribution in [0.4, 0.5) is 5.69 Å². The van der Waals surface area contributed by atoms with E-state index in [1.807, 2.05) is 37.4 Å². The first-order chi connectivity index (χ1) is 9.99. The van der Waals surface area contributed by atoms with Crippen molar-refractivity contribution in [1.82, 2.24) is 0 Å². The van der Waals surface area contributed by atoms with Crippen molar-refractivity contribution >= 4 is 29.3 Å². The number of amides is 1. The molecule has 1 amide bonds. The predicted molar refractivity (Wildman–Crippen MR) is 86.9 cm³/mol. The third-order valence-corrected chi connectivity index (χ3v) is 4.01. The number of hydrogen-bond donors (Lipinski definition) is 1. The standard InChI is InChI=1S/C16H23NO3S/c1-4-5-9-15(18)17(11-12(2)16(19)20)13-7-6-8-14(10-13)21-3/h6-8,10,12H,4-5,9,11H2,1-3H3,(H,19,20). The molecule has 1 aromatic rings. The van der Waals surface area contributed by atoms with Crippen LogP contribution in [0.3, 0.4) is 0 Å². The van der Waals surface area contributed by atoms with Crippen LogP contribution < -0.4 is 4.90 Å². The summed E-state index contributed by atoms with van der Waals surface area (Å²) in [7, 11) is 0. The van der Waals surface area contributed by atoms with E-state index in [9.17, 15) is 9.59 Å². The Hall–Kier alpha value is -1.49. The molecule has 0 aromatic heterocycles. The summed E-state index contributed by atoms with van der Waals surface area (Å²) in [6.07, 6.45) is 4.19. The fourth-order valence-corrected chi connectivity index (χ4v) is 2.40. The molecule has 0 spiro atoms. The van der Waals surface area contributed by atoms with Crippen LogP contribution in [0.2, 0.25) is 0 Å². The van der Waals surface area contributed by atoms with Gasteiger partial charge >= 0.3 is 5.97 Å². The highest BCUT2D eigenvalue weighted by Crippen LogP contribution is 2.24. The summed E-state index contributed by atoms with van der Waals surface area (Å²) in [5.41, 5.74) is 0.774. The lowest BCUT2D eigenvalue weighted by Crippen LogP contribution is -2.36. The predicted octanol–water partition coefficient (Wildman–Crippen LogP) is 3.65. The molecule has 0 aliphatic carbocycles. The average Bonchev–Trinajstić information content (AvgIpc) is 2.49. The number of carbonyl (C=O) groups excluding carboxylic acids is 1. The van der Waals surface area contributed by atoms with Crippen LogP contribution in [-0.2, 0) is 9.59 Å². The largest absolute Gasteiger partial charge is 0.481 e. The van der Waals surface area contributed by atoms with Gasteiger partial charge in [0, 0.05) is 23.5 Å². The molecule has 0 aliphatic heterocycles. The van der Waals surface area contributed by atoms with Gasteiger partial charge in [0.25, 0.3) is 0 Å². The van der Waals surface area contributed by atoms with Crippen molar-refractivity contribution in [2.24, 2.45) is 5.92 Å². The second-order valence-corrected chi connectivity index (χ2v) is 5.93. The number of carboxylic acids is 1. The lowest BCUT2D eigenvalue weighted by molar-refractivity contribution is -0.140. The Balaban J connectivity index is 2.99. The quantitative estimate of drug-likeness (QED) is 0.745. The molecular weight excluding hydrogens is 286 g/mol. The Morgan fingerprint density at radius 3 is 2.67 bits per heavy atom. The lowest BCUT2D eigenvalue weighted by atomic mass is 10.1. The van der Waals surface area contributed by atoms with Gasteiger partial charge in [0.15, 0.2) is 0 Å². The monoisotopic (exact) mass is 309 g/mol. The Morgan fingerprint density at radius 2 is 2.10 bits per heavy atom. The van der Waals surface area contributed by atoms with Gasteiger partial charge in [-0.2, -0.15) is 0 Å². The van der Waals surface area contributed by atoms with Gasteiger partial charge in [-0.25, -0.2) is 0 Å². The molecule has 1 atom stereocenters. The van der Waals surface area contributed by atoms with Gasteiger partial charge in [-0.1, -0.05) is 26.3 Å². The van der Waals surface area contributed by atoms with E-state index < -0.39 is 11.9 Å². The highest BCUT2D eigenvalue weighted by atomic mass is 32.2. The van der Waals surface area contributed by atoms with Crippen molar-refractivity contribution in [3.63, 3.8) is 0 Å². The van der Waals surface area contributed by atoms with E-state index in [0.29, 0.717) is 6.42 Å². The second kappa shape index (κ2) is 8.72. The number of carbonyl (C=O) groups is 2. The molecular formula is C16H23NO3S. The van der Waals surface area contributed by atoms with Crippen LogP contribution in [0.15, 0.2) is 29.2 Å². The Bertz CT molecular complexity index is 490. The summed E-state index contributed by atoms with van der Waals surface area (Å²) >= 11 is 1.60. The van der Waals surface area contributed by atoms with Crippen molar-refractivity contribution in [3.8, 4) is 0 Å². The maximum atomic E-state index is 12.4. The number of benzene rings is 1. The van der Waals surface area contributed by atoms with Crippen LogP contribution in [0.1, 0.15) is 33.1 Å². The molecule has 1 aromatic carbocycles. The molecule has 0 saturated heterocycles. The molecule has 1 unspecified atom stereocenters. The zero-order chi connectivity index (χ0) is 15.8. The first kappa shape index (κ1) is 17.6. The fourth-order valence-electron chi connectivity index (χ4n) is 1.94. The smallest absolute Gasteiger partial charge is 0.308 e. The molecule has 116 valence electrons. The van der Waals surface area contributed by atoms with E-state index in [-0.39, 0.29) is 12.5 Å². The van der Waals surface area contributed by atoms with Gasteiger partial charge in [-0.05, 0) is 30.9 Å². The summed E-state index contributed by atoms with van der Waals surface area (Å²) in [5, 5.41) is 9.09. The van der Waals surface area contributed by atoms with E-state index in [1.54, 1.807) is 23.6 Å². The van der Waals surface area contributed by atoms with Crippen LogP contribution in [-0.4, -0.2) is 29.8 Å². The molecule has 5 heteroatoms. The summed E-state index contributed by atoms with van der Waals surface area (Å²) in [5.74, 6) is -1.49. The molecule has 1 N–H and O–H groups in total. The number of nitrogens with zero attached hydrogens (tertiary/aromatic N) is 1. The molecule has 0 aliphatic rings. The number of carboxylic acid groups (broad SMARTS) is 1. The number of hydrogen-bond acceptors (Lipinski definition) is 3. The number of unbranched alkanes of at least 4 members (excludes halogenated alkanes) is 1. The van der Waals surface area contributed by atoms with E-state index in [2.05, 4.69) is 0 Å². The van der Waals surface area contributed by atoms with Crippen molar-refractivity contribution in [3.05, 3.63) is 24.3 Å². The highest BCUT2D eigenvalue weighted by molar-refractivity contribution is 7.98. The minimum Gasteiger partial charge on any atom is -0.481 e. The molecule has 0 radical (unpaired) electrons. The second-order valence-electron chi connectivity index (χ2n) is 5.05. The fraction of sp³-hybridized carbons (Fsp3) is 0.500. The number of aliphatic carboxylic acids is 1. The zero-order valence-electron chi connectivity index (χ0n) is 12.8. The lowest BCUT2D eigenvalue weighted by Gasteiger charge is -2.25. The molecule has 0 bridgehead atoms. The zero-order valence-corrected chi connectivity index (χ0v) is 13.7. The average molecular weight is 309 g/mol. The Kier molecular flexibility index (Phi) is 7.29. The van der Waals surface area contributed by atoms with Crippen molar-refractivity contribution in [2.45, 2.75) is 38.0 Å².